The smallest absolute Gasteiger partial charge is 0.303 e. The number of hydrogen-bond donors (Lipinski definition) is 0. The van der Waals surface area contributed by atoms with Crippen molar-refractivity contribution >= 4 is 26.0 Å². The van der Waals surface area contributed by atoms with Gasteiger partial charge in [0.25, 0.3) is 0 Å². The summed E-state index contributed by atoms with van der Waals surface area (Å²) in [4.78, 5) is 4.71. The molecular weight excluding hydrogens is 296 g/mol. The summed E-state index contributed by atoms with van der Waals surface area (Å²) < 4.78 is 27.8. The molecule has 0 aromatic heterocycles. The van der Waals surface area contributed by atoms with Gasteiger partial charge in [0.05, 0.1) is 5.75 Å². The van der Waals surface area contributed by atoms with Gasteiger partial charge in [-0.15, -0.1) is 0 Å². The Bertz CT molecular complexity index is 413. The first kappa shape index (κ1) is 13.5. The first-order valence-electron chi connectivity index (χ1n) is 4.88. The van der Waals surface area contributed by atoms with Crippen molar-refractivity contribution in [3.63, 3.8) is 0 Å². The summed E-state index contributed by atoms with van der Waals surface area (Å²) in [5.41, 5.74) is 0. The monoisotopic (exact) mass is 308 g/mol. The molecule has 0 radical (unpaired) electrons. The lowest BCUT2D eigenvalue weighted by Gasteiger charge is -2.04. The van der Waals surface area contributed by atoms with E-state index in [1.807, 2.05) is 6.92 Å². The number of unbranched alkanes of at least 4 members (excludes halogenated alkanes) is 1. The molecule has 0 aliphatic carbocycles. The Kier molecular flexibility index (Phi) is 5.24. The van der Waals surface area contributed by atoms with Crippen molar-refractivity contribution in [3.05, 3.63) is 28.7 Å². The molecule has 0 N–H and O–H groups in total. The molecule has 1 aromatic carbocycles. The van der Waals surface area contributed by atoms with Crippen molar-refractivity contribution in [2.45, 2.75) is 19.8 Å². The van der Waals surface area contributed by atoms with Gasteiger partial charge in [-0.3, -0.25) is 0 Å². The molecule has 0 atom stereocenters. The quantitative estimate of drug-likeness (QED) is 0.599. The Morgan fingerprint density at radius 1 is 1.25 bits per heavy atom. The molecule has 0 fully saturated rings. The van der Waals surface area contributed by atoms with Crippen LogP contribution in [0.2, 0.25) is 0 Å². The lowest BCUT2D eigenvalue weighted by molar-refractivity contribution is -0.0925. The van der Waals surface area contributed by atoms with Crippen molar-refractivity contribution in [2.24, 2.45) is 0 Å². The van der Waals surface area contributed by atoms with E-state index in [9.17, 15) is 8.42 Å². The molecule has 1 aromatic rings. The third-order valence-corrected chi connectivity index (χ3v) is 3.39. The highest BCUT2D eigenvalue weighted by atomic mass is 79.9. The van der Waals surface area contributed by atoms with E-state index in [1.54, 1.807) is 24.3 Å². The topological polar surface area (TPSA) is 52.6 Å². The molecule has 4 nitrogen and oxygen atoms in total. The maximum atomic E-state index is 11.3. The molecule has 0 aliphatic heterocycles. The first-order chi connectivity index (χ1) is 7.53. The molecule has 0 unspecified atom stereocenters. The van der Waals surface area contributed by atoms with Crippen LogP contribution in [0.25, 0.3) is 0 Å². The minimum atomic E-state index is -3.59. The van der Waals surface area contributed by atoms with Gasteiger partial charge in [-0.05, 0) is 30.7 Å². The van der Waals surface area contributed by atoms with Gasteiger partial charge in [-0.1, -0.05) is 33.6 Å². The van der Waals surface area contributed by atoms with E-state index in [2.05, 4.69) is 20.3 Å². The fourth-order valence-electron chi connectivity index (χ4n) is 0.936. The highest BCUT2D eigenvalue weighted by Crippen LogP contribution is 2.17. The second-order valence-corrected chi connectivity index (χ2v) is 5.80. The van der Waals surface area contributed by atoms with Gasteiger partial charge in [-0.25, -0.2) is 0 Å². The third kappa shape index (κ3) is 4.96. The van der Waals surface area contributed by atoms with Crippen LogP contribution < -0.4 is 4.89 Å². The highest BCUT2D eigenvalue weighted by Gasteiger charge is 2.12. The van der Waals surface area contributed by atoms with Crippen LogP contribution in [0, 0.1) is 0 Å². The molecule has 6 heteroatoms. The summed E-state index contributed by atoms with van der Waals surface area (Å²) in [5.74, 6) is 0.323. The summed E-state index contributed by atoms with van der Waals surface area (Å²) in [6.45, 7) is 1.91. The van der Waals surface area contributed by atoms with Crippen LogP contribution in [-0.2, 0) is 14.5 Å². The van der Waals surface area contributed by atoms with E-state index >= 15 is 0 Å². The van der Waals surface area contributed by atoms with E-state index < -0.39 is 10.1 Å². The predicted octanol–water partition coefficient (Wildman–Crippen LogP) is 2.89. The summed E-state index contributed by atoms with van der Waals surface area (Å²) in [7, 11) is -3.59. The summed E-state index contributed by atoms with van der Waals surface area (Å²) in [5, 5.41) is 0. The van der Waals surface area contributed by atoms with Crippen molar-refractivity contribution < 1.29 is 17.6 Å². The number of hydrogen-bond acceptors (Lipinski definition) is 4. The van der Waals surface area contributed by atoms with E-state index in [4.69, 9.17) is 4.89 Å². The SMILES string of the molecule is CCCCS(=O)(=O)OOc1ccc(Br)cc1. The van der Waals surface area contributed by atoms with E-state index in [0.29, 0.717) is 12.2 Å². The zero-order valence-corrected chi connectivity index (χ0v) is 11.3. The zero-order valence-electron chi connectivity index (χ0n) is 8.85. The van der Waals surface area contributed by atoms with Crippen molar-refractivity contribution in [2.75, 3.05) is 5.75 Å². The Balaban J connectivity index is 2.48. The third-order valence-electron chi connectivity index (χ3n) is 1.80. The van der Waals surface area contributed by atoms with Crippen LogP contribution in [-0.4, -0.2) is 14.2 Å². The van der Waals surface area contributed by atoms with Gasteiger partial charge >= 0.3 is 10.1 Å². The second-order valence-electron chi connectivity index (χ2n) is 3.22. The maximum absolute atomic E-state index is 11.3. The lowest BCUT2D eigenvalue weighted by atomic mass is 10.3. The predicted molar refractivity (Wildman–Crippen MR) is 64.5 cm³/mol. The average Bonchev–Trinajstić information content (AvgIpc) is 2.26. The van der Waals surface area contributed by atoms with Gasteiger partial charge in [0.1, 0.15) is 0 Å². The van der Waals surface area contributed by atoms with Gasteiger partial charge in [0.2, 0.25) is 0 Å². The molecule has 0 spiro atoms. The lowest BCUT2D eigenvalue weighted by Crippen LogP contribution is -2.12. The normalized spacial score (nSPS) is 11.4. The van der Waals surface area contributed by atoms with E-state index in [0.717, 1.165) is 10.9 Å². The fourth-order valence-corrected chi connectivity index (χ4v) is 2.09. The van der Waals surface area contributed by atoms with Gasteiger partial charge in [0.15, 0.2) is 5.75 Å². The number of halogens is 1. The Morgan fingerprint density at radius 2 is 1.88 bits per heavy atom. The summed E-state index contributed by atoms with van der Waals surface area (Å²) >= 11 is 3.26. The van der Waals surface area contributed by atoms with E-state index in [1.165, 1.54) is 0 Å². The number of benzene rings is 1. The van der Waals surface area contributed by atoms with E-state index in [-0.39, 0.29) is 5.75 Å². The van der Waals surface area contributed by atoms with Crippen LogP contribution in [0.1, 0.15) is 19.8 Å². The van der Waals surface area contributed by atoms with Gasteiger partial charge in [-0.2, -0.15) is 8.42 Å². The van der Waals surface area contributed by atoms with Gasteiger partial charge < -0.3 is 4.89 Å². The maximum Gasteiger partial charge on any atom is 0.303 e. The highest BCUT2D eigenvalue weighted by molar-refractivity contribution is 9.10. The molecular formula is C10H13BrO4S. The minimum Gasteiger partial charge on any atom is -0.321 e. The Labute approximate surface area is 104 Å². The molecule has 0 bridgehead atoms. The van der Waals surface area contributed by atoms with Crippen LogP contribution >= 0.6 is 15.9 Å². The molecule has 0 aliphatic rings. The molecule has 90 valence electrons. The summed E-state index contributed by atoms with van der Waals surface area (Å²) in [6, 6.07) is 6.69. The van der Waals surface area contributed by atoms with Crippen molar-refractivity contribution in [1.82, 2.24) is 0 Å². The fraction of sp³-hybridized carbons (Fsp3) is 0.400. The molecule has 0 heterocycles. The zero-order chi connectivity index (χ0) is 12.0. The van der Waals surface area contributed by atoms with Crippen LogP contribution in [0.3, 0.4) is 0 Å². The van der Waals surface area contributed by atoms with Crippen molar-refractivity contribution in [3.8, 4) is 5.75 Å². The average molecular weight is 309 g/mol. The molecule has 0 saturated heterocycles. The van der Waals surface area contributed by atoms with Crippen LogP contribution in [0.5, 0.6) is 5.75 Å². The molecule has 0 amide bonds. The first-order valence-corrected chi connectivity index (χ1v) is 7.25. The van der Waals surface area contributed by atoms with Gasteiger partial charge in [0, 0.05) is 4.47 Å². The second kappa shape index (κ2) is 6.22. The number of rotatable bonds is 6. The standard InChI is InChI=1S/C10H13BrO4S/c1-2-3-8-16(12,13)15-14-10-6-4-9(11)5-7-10/h4-7H,2-3,8H2,1H3. The molecule has 1 rings (SSSR count). The Morgan fingerprint density at radius 3 is 2.44 bits per heavy atom. The van der Waals surface area contributed by atoms with Crippen LogP contribution in [0.4, 0.5) is 0 Å². The van der Waals surface area contributed by atoms with Crippen molar-refractivity contribution in [1.29, 1.82) is 0 Å². The largest absolute Gasteiger partial charge is 0.321 e. The van der Waals surface area contributed by atoms with Crippen LogP contribution in [0.15, 0.2) is 28.7 Å². The molecule has 0 saturated carbocycles. The summed E-state index contributed by atoms with van der Waals surface area (Å²) in [6.07, 6.45) is 1.35. The minimum absolute atomic E-state index is 0.0277. The molecule has 16 heavy (non-hydrogen) atoms. The Hall–Kier alpha value is -0.590.